The van der Waals surface area contributed by atoms with Gasteiger partial charge in [-0.05, 0) is 5.56 Å². The third-order valence-electron chi connectivity index (χ3n) is 3.40. The number of nitrogens with one attached hydrogen (secondary N) is 2. The molecule has 124 valence electrons. The van der Waals surface area contributed by atoms with E-state index in [0.717, 1.165) is 11.8 Å². The molecule has 3 aromatic rings. The van der Waals surface area contributed by atoms with E-state index >= 15 is 0 Å². The van der Waals surface area contributed by atoms with Gasteiger partial charge in [0, 0.05) is 13.2 Å². The highest BCUT2D eigenvalue weighted by Crippen LogP contribution is 2.21. The van der Waals surface area contributed by atoms with E-state index in [9.17, 15) is 9.50 Å². The number of aliphatic hydroxyl groups is 1. The molecule has 0 amide bonds. The van der Waals surface area contributed by atoms with Gasteiger partial charge in [0.05, 0.1) is 30.7 Å². The fraction of sp³-hybridized carbons (Fsp3) is 0.188. The molecule has 0 saturated heterocycles. The van der Waals surface area contributed by atoms with Gasteiger partial charge < -0.3 is 15.7 Å². The van der Waals surface area contributed by atoms with E-state index in [1.54, 1.807) is 24.1 Å². The number of aryl methyl sites for hydroxylation is 1. The van der Waals surface area contributed by atoms with Gasteiger partial charge in [0.15, 0.2) is 11.6 Å². The minimum Gasteiger partial charge on any atom is -0.394 e. The molecule has 8 heteroatoms. The summed E-state index contributed by atoms with van der Waals surface area (Å²) in [6.45, 7) is -0.196. The first-order valence-electron chi connectivity index (χ1n) is 7.36. The SMILES string of the molecule is Cn1cc(Nc2ncc(F)c(N[C@H](CO)c3ccccc3)n2)cn1. The third-order valence-corrected chi connectivity index (χ3v) is 3.40. The van der Waals surface area contributed by atoms with E-state index in [-0.39, 0.29) is 18.4 Å². The van der Waals surface area contributed by atoms with Gasteiger partial charge in [-0.2, -0.15) is 10.1 Å². The Balaban J connectivity index is 1.80. The fourth-order valence-corrected chi connectivity index (χ4v) is 2.23. The Morgan fingerprint density at radius 2 is 2.04 bits per heavy atom. The van der Waals surface area contributed by atoms with Crippen LogP contribution in [-0.2, 0) is 7.05 Å². The van der Waals surface area contributed by atoms with Gasteiger partial charge in [-0.25, -0.2) is 9.37 Å². The molecule has 0 aliphatic heterocycles. The van der Waals surface area contributed by atoms with Crippen molar-refractivity contribution in [3.63, 3.8) is 0 Å². The maximum Gasteiger partial charge on any atom is 0.229 e. The third kappa shape index (κ3) is 3.66. The lowest BCUT2D eigenvalue weighted by Crippen LogP contribution is -2.17. The summed E-state index contributed by atoms with van der Waals surface area (Å²) in [5.74, 6) is -0.350. The van der Waals surface area contributed by atoms with Crippen molar-refractivity contribution in [2.75, 3.05) is 17.2 Å². The zero-order chi connectivity index (χ0) is 16.9. The van der Waals surface area contributed by atoms with Crippen LogP contribution in [0.25, 0.3) is 0 Å². The van der Waals surface area contributed by atoms with Gasteiger partial charge in [0.1, 0.15) is 0 Å². The largest absolute Gasteiger partial charge is 0.394 e. The summed E-state index contributed by atoms with van der Waals surface area (Å²) in [4.78, 5) is 8.05. The lowest BCUT2D eigenvalue weighted by atomic mass is 10.1. The molecule has 24 heavy (non-hydrogen) atoms. The Kier molecular flexibility index (Phi) is 4.66. The topological polar surface area (TPSA) is 87.9 Å². The summed E-state index contributed by atoms with van der Waals surface area (Å²) >= 11 is 0. The Morgan fingerprint density at radius 1 is 1.25 bits per heavy atom. The molecule has 3 N–H and O–H groups in total. The number of aromatic nitrogens is 4. The van der Waals surface area contributed by atoms with Crippen molar-refractivity contribution >= 4 is 17.5 Å². The predicted octanol–water partition coefficient (Wildman–Crippen LogP) is 2.24. The predicted molar refractivity (Wildman–Crippen MR) is 88.4 cm³/mol. The van der Waals surface area contributed by atoms with Crippen molar-refractivity contribution < 1.29 is 9.50 Å². The lowest BCUT2D eigenvalue weighted by Gasteiger charge is -2.18. The normalized spacial score (nSPS) is 12.0. The Labute approximate surface area is 138 Å². The first kappa shape index (κ1) is 15.9. The number of rotatable bonds is 6. The molecule has 2 aromatic heterocycles. The average Bonchev–Trinajstić information content (AvgIpc) is 3.01. The standard InChI is InChI=1S/C16H17FN6O/c1-23-9-12(7-19-23)20-16-18-8-13(17)15(22-16)21-14(10-24)11-5-3-2-4-6-11/h2-9,14,24H,10H2,1H3,(H2,18,20,21,22)/t14-/m1/s1. The molecule has 0 bridgehead atoms. The van der Waals surface area contributed by atoms with Crippen molar-refractivity contribution in [3.05, 3.63) is 60.3 Å². The number of nitrogens with zero attached hydrogens (tertiary/aromatic N) is 4. The molecule has 0 fully saturated rings. The van der Waals surface area contributed by atoms with Crippen molar-refractivity contribution in [1.82, 2.24) is 19.7 Å². The second-order valence-electron chi connectivity index (χ2n) is 5.21. The lowest BCUT2D eigenvalue weighted by molar-refractivity contribution is 0.276. The van der Waals surface area contributed by atoms with Crippen molar-refractivity contribution in [2.45, 2.75) is 6.04 Å². The van der Waals surface area contributed by atoms with Crippen LogP contribution in [0.15, 0.2) is 48.9 Å². The first-order chi connectivity index (χ1) is 11.7. The molecule has 1 aromatic carbocycles. The Bertz CT molecular complexity index is 807. The van der Waals surface area contributed by atoms with Crippen LogP contribution in [0.5, 0.6) is 0 Å². The van der Waals surface area contributed by atoms with E-state index in [4.69, 9.17) is 0 Å². The van der Waals surface area contributed by atoms with Gasteiger partial charge in [-0.1, -0.05) is 30.3 Å². The summed E-state index contributed by atoms with van der Waals surface area (Å²) < 4.78 is 15.6. The average molecular weight is 328 g/mol. The Hall–Kier alpha value is -3.00. The summed E-state index contributed by atoms with van der Waals surface area (Å²) in [7, 11) is 1.79. The number of benzene rings is 1. The number of hydrogen-bond acceptors (Lipinski definition) is 6. The highest BCUT2D eigenvalue weighted by atomic mass is 19.1. The van der Waals surface area contributed by atoms with Crippen molar-refractivity contribution in [1.29, 1.82) is 0 Å². The molecule has 0 spiro atoms. The van der Waals surface area contributed by atoms with E-state index in [0.29, 0.717) is 5.69 Å². The van der Waals surface area contributed by atoms with E-state index in [1.807, 2.05) is 30.3 Å². The van der Waals surface area contributed by atoms with Crippen molar-refractivity contribution in [3.8, 4) is 0 Å². The smallest absolute Gasteiger partial charge is 0.229 e. The summed E-state index contributed by atoms with van der Waals surface area (Å²) in [5, 5.41) is 19.5. The van der Waals surface area contributed by atoms with E-state index in [1.165, 1.54) is 0 Å². The van der Waals surface area contributed by atoms with Gasteiger partial charge in [-0.3, -0.25) is 4.68 Å². The second-order valence-corrected chi connectivity index (χ2v) is 5.21. The van der Waals surface area contributed by atoms with Crippen LogP contribution >= 0.6 is 0 Å². The highest BCUT2D eigenvalue weighted by Gasteiger charge is 2.14. The molecule has 0 aliphatic rings. The molecule has 2 heterocycles. The maximum absolute atomic E-state index is 14.0. The fourth-order valence-electron chi connectivity index (χ4n) is 2.23. The van der Waals surface area contributed by atoms with Crippen LogP contribution in [0.2, 0.25) is 0 Å². The minimum atomic E-state index is -0.596. The summed E-state index contributed by atoms with van der Waals surface area (Å²) in [6, 6.07) is 8.81. The monoisotopic (exact) mass is 328 g/mol. The highest BCUT2D eigenvalue weighted by molar-refractivity contribution is 5.53. The summed E-state index contributed by atoms with van der Waals surface area (Å²) in [5.41, 5.74) is 1.52. The van der Waals surface area contributed by atoms with Crippen LogP contribution in [0, 0.1) is 5.82 Å². The second kappa shape index (κ2) is 7.05. The molecular weight excluding hydrogens is 311 g/mol. The van der Waals surface area contributed by atoms with Crippen LogP contribution in [0.1, 0.15) is 11.6 Å². The maximum atomic E-state index is 14.0. The molecule has 0 unspecified atom stereocenters. The first-order valence-corrected chi connectivity index (χ1v) is 7.36. The van der Waals surface area contributed by atoms with Gasteiger partial charge in [-0.15, -0.1) is 0 Å². The zero-order valence-electron chi connectivity index (χ0n) is 13.0. The van der Waals surface area contributed by atoms with E-state index in [2.05, 4.69) is 25.7 Å². The molecule has 0 saturated carbocycles. The molecule has 3 rings (SSSR count). The molecule has 7 nitrogen and oxygen atoms in total. The number of aliphatic hydroxyl groups excluding tert-OH is 1. The quantitative estimate of drug-likeness (QED) is 0.643. The van der Waals surface area contributed by atoms with Crippen LogP contribution < -0.4 is 10.6 Å². The van der Waals surface area contributed by atoms with Crippen LogP contribution in [0.3, 0.4) is 0 Å². The number of hydrogen-bond donors (Lipinski definition) is 3. The molecule has 1 atom stereocenters. The molecule has 0 aliphatic carbocycles. The molecular formula is C16H17FN6O. The van der Waals surface area contributed by atoms with Crippen LogP contribution in [0.4, 0.5) is 21.8 Å². The van der Waals surface area contributed by atoms with Crippen molar-refractivity contribution in [2.24, 2.45) is 7.05 Å². The zero-order valence-corrected chi connectivity index (χ0v) is 13.0. The number of halogens is 1. The summed E-state index contributed by atoms with van der Waals surface area (Å²) in [6.07, 6.45) is 4.44. The van der Waals surface area contributed by atoms with Gasteiger partial charge in [0.25, 0.3) is 0 Å². The number of anilines is 3. The van der Waals surface area contributed by atoms with Gasteiger partial charge in [0.2, 0.25) is 5.95 Å². The molecule has 0 radical (unpaired) electrons. The van der Waals surface area contributed by atoms with Crippen LogP contribution in [-0.4, -0.2) is 31.5 Å². The van der Waals surface area contributed by atoms with E-state index < -0.39 is 11.9 Å². The Morgan fingerprint density at radius 3 is 2.71 bits per heavy atom. The van der Waals surface area contributed by atoms with Gasteiger partial charge >= 0.3 is 0 Å². The minimum absolute atomic E-state index is 0.0132.